The monoisotopic (exact) mass is 470 g/mol. The van der Waals surface area contributed by atoms with E-state index in [-0.39, 0.29) is 28.5 Å². The minimum absolute atomic E-state index is 0.0149. The first-order valence-electron chi connectivity index (χ1n) is 10.3. The topological polar surface area (TPSA) is 75.7 Å². The minimum Gasteiger partial charge on any atom is -0.492 e. The highest BCUT2D eigenvalue weighted by molar-refractivity contribution is 7.89. The summed E-state index contributed by atoms with van der Waals surface area (Å²) >= 11 is 0. The van der Waals surface area contributed by atoms with E-state index in [0.717, 1.165) is 37.5 Å². The number of carbonyl (C=O) groups excluding carboxylic acids is 1. The third-order valence-electron chi connectivity index (χ3n) is 5.24. The largest absolute Gasteiger partial charge is 0.492 e. The number of ether oxygens (including phenoxy) is 1. The lowest BCUT2D eigenvalue weighted by Gasteiger charge is -2.26. The standard InChI is InChI=1S/C22H25F3N2O4S/c1-3-31-19-10-9-17(22(23,24)25)14-18(19)26-21(28)16-8-7-15(2)20(13-16)32(29,30)27-11-5-4-6-12-27/h7-10,13-14H,3-6,11-12H2,1-2H3,(H,26,28). The van der Waals surface area contributed by atoms with Crippen LogP contribution >= 0.6 is 0 Å². The van der Waals surface area contributed by atoms with Crippen molar-refractivity contribution >= 4 is 21.6 Å². The first-order chi connectivity index (χ1) is 15.0. The maximum absolute atomic E-state index is 13.1. The van der Waals surface area contributed by atoms with Crippen molar-refractivity contribution in [1.82, 2.24) is 4.31 Å². The molecule has 1 aliphatic rings. The number of anilines is 1. The van der Waals surface area contributed by atoms with Gasteiger partial charge in [0.2, 0.25) is 10.0 Å². The minimum atomic E-state index is -4.59. The Hall–Kier alpha value is -2.59. The van der Waals surface area contributed by atoms with Crippen LogP contribution in [0.25, 0.3) is 0 Å². The van der Waals surface area contributed by atoms with Crippen LogP contribution in [0.15, 0.2) is 41.3 Å². The number of nitrogens with one attached hydrogen (secondary N) is 1. The van der Waals surface area contributed by atoms with Crippen molar-refractivity contribution in [2.75, 3.05) is 25.0 Å². The third-order valence-corrected chi connectivity index (χ3v) is 7.28. The van der Waals surface area contributed by atoms with Crippen LogP contribution in [0.2, 0.25) is 0 Å². The lowest BCUT2D eigenvalue weighted by Crippen LogP contribution is -2.36. The number of alkyl halides is 3. The quantitative estimate of drug-likeness (QED) is 0.656. The summed E-state index contributed by atoms with van der Waals surface area (Å²) in [6, 6.07) is 7.03. The second-order valence-electron chi connectivity index (χ2n) is 7.54. The van der Waals surface area contributed by atoms with E-state index in [1.165, 1.54) is 22.5 Å². The van der Waals surface area contributed by atoms with Gasteiger partial charge >= 0.3 is 6.18 Å². The second-order valence-corrected chi connectivity index (χ2v) is 9.45. The molecule has 3 rings (SSSR count). The fraction of sp³-hybridized carbons (Fsp3) is 0.409. The summed E-state index contributed by atoms with van der Waals surface area (Å²) in [5, 5.41) is 2.43. The summed E-state index contributed by atoms with van der Waals surface area (Å²) in [5.41, 5.74) is -0.576. The van der Waals surface area contributed by atoms with Gasteiger partial charge in [-0.15, -0.1) is 0 Å². The lowest BCUT2D eigenvalue weighted by molar-refractivity contribution is -0.137. The van der Waals surface area contributed by atoms with Crippen molar-refractivity contribution in [1.29, 1.82) is 0 Å². The molecular formula is C22H25F3N2O4S. The van der Waals surface area contributed by atoms with Crippen molar-refractivity contribution in [2.45, 2.75) is 44.2 Å². The molecule has 174 valence electrons. The number of aryl methyl sites for hydroxylation is 1. The maximum atomic E-state index is 13.1. The smallest absolute Gasteiger partial charge is 0.416 e. The van der Waals surface area contributed by atoms with E-state index in [4.69, 9.17) is 4.74 Å². The van der Waals surface area contributed by atoms with Crippen LogP contribution in [0.4, 0.5) is 18.9 Å². The summed E-state index contributed by atoms with van der Waals surface area (Å²) < 4.78 is 72.3. The van der Waals surface area contributed by atoms with Crippen molar-refractivity contribution in [2.24, 2.45) is 0 Å². The van der Waals surface area contributed by atoms with Crippen LogP contribution in [0.3, 0.4) is 0 Å². The Labute approximate surface area is 185 Å². The van der Waals surface area contributed by atoms with Gasteiger partial charge in [-0.3, -0.25) is 4.79 Å². The molecule has 0 radical (unpaired) electrons. The highest BCUT2D eigenvalue weighted by Gasteiger charge is 2.32. The number of benzene rings is 2. The highest BCUT2D eigenvalue weighted by Crippen LogP contribution is 2.35. The highest BCUT2D eigenvalue weighted by atomic mass is 32.2. The molecule has 1 N–H and O–H groups in total. The Kier molecular flexibility index (Phi) is 7.14. The van der Waals surface area contributed by atoms with Crippen molar-refractivity contribution in [3.63, 3.8) is 0 Å². The van der Waals surface area contributed by atoms with Crippen molar-refractivity contribution in [3.8, 4) is 5.75 Å². The number of sulfonamides is 1. The van der Waals surface area contributed by atoms with Crippen molar-refractivity contribution < 1.29 is 31.1 Å². The van der Waals surface area contributed by atoms with Gasteiger partial charge < -0.3 is 10.1 Å². The molecule has 1 amide bonds. The Balaban J connectivity index is 1.93. The number of amides is 1. The predicted molar refractivity (Wildman–Crippen MR) is 114 cm³/mol. The van der Waals surface area contributed by atoms with E-state index in [9.17, 15) is 26.4 Å². The lowest BCUT2D eigenvalue weighted by atomic mass is 10.1. The molecule has 1 aliphatic heterocycles. The van der Waals surface area contributed by atoms with Crippen LogP contribution in [0, 0.1) is 6.92 Å². The van der Waals surface area contributed by atoms with E-state index < -0.39 is 27.7 Å². The average molecular weight is 471 g/mol. The summed E-state index contributed by atoms with van der Waals surface area (Å²) in [6.45, 7) is 4.33. The van der Waals surface area contributed by atoms with Crippen LogP contribution in [-0.2, 0) is 16.2 Å². The summed E-state index contributed by atoms with van der Waals surface area (Å²) in [6.07, 6.45) is -2.08. The summed E-state index contributed by atoms with van der Waals surface area (Å²) in [4.78, 5) is 12.9. The van der Waals surface area contributed by atoms with E-state index in [0.29, 0.717) is 18.7 Å². The van der Waals surface area contributed by atoms with E-state index in [1.807, 2.05) is 0 Å². The van der Waals surface area contributed by atoms with Gasteiger partial charge in [0, 0.05) is 18.7 Å². The number of hydrogen-bond acceptors (Lipinski definition) is 4. The van der Waals surface area contributed by atoms with Gasteiger partial charge in [-0.05, 0) is 62.6 Å². The van der Waals surface area contributed by atoms with Gasteiger partial charge in [0.15, 0.2) is 0 Å². The molecule has 0 bridgehead atoms. The zero-order valence-electron chi connectivity index (χ0n) is 17.8. The Morgan fingerprint density at radius 3 is 2.41 bits per heavy atom. The molecule has 10 heteroatoms. The number of carbonyl (C=O) groups is 1. The number of rotatable bonds is 6. The molecule has 0 saturated carbocycles. The Morgan fingerprint density at radius 2 is 1.78 bits per heavy atom. The van der Waals surface area contributed by atoms with E-state index >= 15 is 0 Å². The predicted octanol–water partition coefficient (Wildman–Crippen LogP) is 4.84. The fourth-order valence-electron chi connectivity index (χ4n) is 3.54. The molecule has 0 aliphatic carbocycles. The van der Waals surface area contributed by atoms with Crippen LogP contribution in [0.5, 0.6) is 5.75 Å². The molecule has 1 fully saturated rings. The second kappa shape index (κ2) is 9.50. The molecular weight excluding hydrogens is 445 g/mol. The van der Waals surface area contributed by atoms with E-state index in [1.54, 1.807) is 13.8 Å². The normalized spacial score (nSPS) is 15.4. The maximum Gasteiger partial charge on any atom is 0.416 e. The first-order valence-corrected chi connectivity index (χ1v) is 11.7. The molecule has 32 heavy (non-hydrogen) atoms. The van der Waals surface area contributed by atoms with Gasteiger partial charge in [-0.25, -0.2) is 8.42 Å². The molecule has 0 aromatic heterocycles. The molecule has 2 aromatic carbocycles. The Bertz CT molecular complexity index is 1090. The molecule has 6 nitrogen and oxygen atoms in total. The number of piperidine rings is 1. The number of halogens is 3. The van der Waals surface area contributed by atoms with Crippen molar-refractivity contribution in [3.05, 3.63) is 53.1 Å². The molecule has 1 saturated heterocycles. The van der Waals surface area contributed by atoms with Crippen LogP contribution < -0.4 is 10.1 Å². The first kappa shape index (κ1) is 24.1. The molecule has 1 heterocycles. The summed E-state index contributed by atoms with van der Waals surface area (Å²) in [7, 11) is -3.78. The Morgan fingerprint density at radius 1 is 1.09 bits per heavy atom. The van der Waals surface area contributed by atoms with Gasteiger partial charge in [-0.2, -0.15) is 17.5 Å². The van der Waals surface area contributed by atoms with Gasteiger partial charge in [0.25, 0.3) is 5.91 Å². The fourth-order valence-corrected chi connectivity index (χ4v) is 5.31. The molecule has 0 atom stereocenters. The van der Waals surface area contributed by atoms with Gasteiger partial charge in [0.05, 0.1) is 22.8 Å². The molecule has 0 unspecified atom stereocenters. The SMILES string of the molecule is CCOc1ccc(C(F)(F)F)cc1NC(=O)c1ccc(C)c(S(=O)(=O)N2CCCCC2)c1. The van der Waals surface area contributed by atoms with Crippen LogP contribution in [-0.4, -0.2) is 38.3 Å². The zero-order valence-corrected chi connectivity index (χ0v) is 18.6. The zero-order chi connectivity index (χ0) is 23.5. The summed E-state index contributed by atoms with van der Waals surface area (Å²) in [5.74, 6) is -0.650. The van der Waals surface area contributed by atoms with Gasteiger partial charge in [-0.1, -0.05) is 12.5 Å². The third kappa shape index (κ3) is 5.24. The van der Waals surface area contributed by atoms with Gasteiger partial charge in [0.1, 0.15) is 5.75 Å². The molecule has 2 aromatic rings. The van der Waals surface area contributed by atoms with Crippen LogP contribution in [0.1, 0.15) is 47.7 Å². The molecule has 0 spiro atoms. The van der Waals surface area contributed by atoms with E-state index in [2.05, 4.69) is 5.32 Å². The average Bonchev–Trinajstić information content (AvgIpc) is 2.75. The number of nitrogens with zero attached hydrogens (tertiary/aromatic N) is 1. The number of hydrogen-bond donors (Lipinski definition) is 1.